The summed E-state index contributed by atoms with van der Waals surface area (Å²) >= 11 is 5.81. The highest BCUT2D eigenvalue weighted by atomic mass is 35.5. The molecular formula is C17H27ClN2O3. The monoisotopic (exact) mass is 342 g/mol. The number of likely N-dealkylation sites (N-methyl/N-ethyl adjacent to an activating group) is 1. The van der Waals surface area contributed by atoms with E-state index in [9.17, 15) is 5.11 Å². The molecule has 6 heteroatoms. The smallest absolute Gasteiger partial charge is 0.119 e. The van der Waals surface area contributed by atoms with Crippen LogP contribution in [0.2, 0.25) is 5.02 Å². The number of nitrogens with zero attached hydrogens (tertiary/aromatic N) is 2. The van der Waals surface area contributed by atoms with Crippen LogP contribution in [0.4, 0.5) is 0 Å². The molecule has 1 aliphatic rings. The summed E-state index contributed by atoms with van der Waals surface area (Å²) in [5.74, 6) is 0.771. The molecule has 5 nitrogen and oxygen atoms in total. The molecular weight excluding hydrogens is 316 g/mol. The van der Waals surface area contributed by atoms with Crippen LogP contribution in [0, 0.1) is 0 Å². The van der Waals surface area contributed by atoms with Gasteiger partial charge >= 0.3 is 0 Å². The number of aliphatic hydroxyl groups is 1. The molecule has 0 saturated carbocycles. The van der Waals surface area contributed by atoms with Crippen molar-refractivity contribution in [2.45, 2.75) is 13.0 Å². The van der Waals surface area contributed by atoms with Crippen molar-refractivity contribution in [3.63, 3.8) is 0 Å². The maximum Gasteiger partial charge on any atom is 0.119 e. The van der Waals surface area contributed by atoms with Crippen molar-refractivity contribution >= 4 is 11.6 Å². The van der Waals surface area contributed by atoms with Gasteiger partial charge in [-0.25, -0.2) is 0 Å². The lowest BCUT2D eigenvalue weighted by Crippen LogP contribution is -2.48. The van der Waals surface area contributed by atoms with Crippen molar-refractivity contribution in [3.05, 3.63) is 29.3 Å². The molecule has 1 saturated heterocycles. The number of halogens is 1. The Kier molecular flexibility index (Phi) is 8.12. The van der Waals surface area contributed by atoms with Crippen molar-refractivity contribution in [2.24, 2.45) is 0 Å². The maximum atomic E-state index is 10.0. The van der Waals surface area contributed by atoms with Gasteiger partial charge in [0.15, 0.2) is 0 Å². The van der Waals surface area contributed by atoms with Crippen LogP contribution >= 0.6 is 11.6 Å². The molecule has 23 heavy (non-hydrogen) atoms. The number of benzene rings is 1. The zero-order chi connectivity index (χ0) is 16.5. The molecule has 0 unspecified atom stereocenters. The highest BCUT2D eigenvalue weighted by Crippen LogP contribution is 2.15. The lowest BCUT2D eigenvalue weighted by Gasteiger charge is -2.34. The molecule has 1 atom stereocenters. The van der Waals surface area contributed by atoms with Crippen LogP contribution in [0.5, 0.6) is 5.75 Å². The number of piperazine rings is 1. The van der Waals surface area contributed by atoms with E-state index < -0.39 is 6.10 Å². The maximum absolute atomic E-state index is 10.0. The molecule has 1 N–H and O–H groups in total. The van der Waals surface area contributed by atoms with E-state index in [1.165, 1.54) is 0 Å². The first-order valence-corrected chi connectivity index (χ1v) is 8.64. The van der Waals surface area contributed by atoms with Crippen LogP contribution in [0.15, 0.2) is 24.3 Å². The van der Waals surface area contributed by atoms with E-state index >= 15 is 0 Å². The Bertz CT molecular complexity index is 436. The molecule has 2 rings (SSSR count). The second-order valence-corrected chi connectivity index (χ2v) is 6.20. The summed E-state index contributed by atoms with van der Waals surface area (Å²) in [6.07, 6.45) is -0.446. The highest BCUT2D eigenvalue weighted by molar-refractivity contribution is 6.30. The number of hydrogen-bond acceptors (Lipinski definition) is 5. The minimum absolute atomic E-state index is 0.345. The second kappa shape index (κ2) is 10.1. The molecule has 0 spiro atoms. The zero-order valence-corrected chi connectivity index (χ0v) is 14.5. The SMILES string of the molecule is CCN1CCN(C[C@H](O)COCCOc2ccc(Cl)cc2)CC1. The third-order valence-electron chi connectivity index (χ3n) is 4.00. The van der Waals surface area contributed by atoms with Crippen molar-refractivity contribution in [2.75, 3.05) is 59.1 Å². The molecule has 1 fully saturated rings. The first-order valence-electron chi connectivity index (χ1n) is 8.26. The van der Waals surface area contributed by atoms with Crippen molar-refractivity contribution in [1.82, 2.24) is 9.80 Å². The van der Waals surface area contributed by atoms with Crippen LogP contribution in [0.25, 0.3) is 0 Å². The summed E-state index contributed by atoms with van der Waals surface area (Å²) in [6, 6.07) is 7.24. The lowest BCUT2D eigenvalue weighted by atomic mass is 10.2. The summed E-state index contributed by atoms with van der Waals surface area (Å²) in [6.45, 7) is 9.44. The summed E-state index contributed by atoms with van der Waals surface area (Å²) in [7, 11) is 0. The number of aliphatic hydroxyl groups excluding tert-OH is 1. The molecule has 1 heterocycles. The van der Waals surface area contributed by atoms with Gasteiger partial charge in [0, 0.05) is 37.7 Å². The van der Waals surface area contributed by atoms with Gasteiger partial charge in [0.05, 0.1) is 19.3 Å². The van der Waals surface area contributed by atoms with Crippen molar-refractivity contribution < 1.29 is 14.6 Å². The van der Waals surface area contributed by atoms with Gasteiger partial charge in [-0.15, -0.1) is 0 Å². The minimum atomic E-state index is -0.446. The summed E-state index contributed by atoms with van der Waals surface area (Å²) in [5.41, 5.74) is 0. The van der Waals surface area contributed by atoms with Gasteiger partial charge in [-0.1, -0.05) is 18.5 Å². The molecule has 1 aromatic carbocycles. The van der Waals surface area contributed by atoms with Crippen molar-refractivity contribution in [3.8, 4) is 5.75 Å². The molecule has 0 radical (unpaired) electrons. The van der Waals surface area contributed by atoms with Crippen LogP contribution in [-0.2, 0) is 4.74 Å². The molecule has 0 aromatic heterocycles. The summed E-state index contributed by atoms with van der Waals surface area (Å²) in [4.78, 5) is 4.72. The third kappa shape index (κ3) is 7.06. The number of β-amino-alcohol motifs (C(OH)–C–C–N with tert-alkyl or cyclic N) is 1. The number of ether oxygens (including phenoxy) is 2. The fourth-order valence-electron chi connectivity index (χ4n) is 2.61. The number of rotatable bonds is 9. The largest absolute Gasteiger partial charge is 0.491 e. The first-order chi connectivity index (χ1) is 11.2. The van der Waals surface area contributed by atoms with Gasteiger partial charge in [-0.2, -0.15) is 0 Å². The molecule has 0 bridgehead atoms. The fraction of sp³-hybridized carbons (Fsp3) is 0.647. The summed E-state index contributed by atoms with van der Waals surface area (Å²) in [5, 5.41) is 10.7. The van der Waals surface area contributed by atoms with Crippen LogP contribution in [-0.4, -0.2) is 80.1 Å². The Labute approximate surface area is 143 Å². The van der Waals surface area contributed by atoms with E-state index in [0.717, 1.165) is 38.5 Å². The van der Waals surface area contributed by atoms with Gasteiger partial charge < -0.3 is 19.5 Å². The molecule has 0 amide bonds. The standard InChI is InChI=1S/C17H27ClN2O3/c1-2-19-7-9-20(10-8-19)13-16(21)14-22-11-12-23-17-5-3-15(18)4-6-17/h3-6,16,21H,2,7-14H2,1H3/t16-/m0/s1. The Morgan fingerprint density at radius 3 is 2.39 bits per heavy atom. The predicted octanol–water partition coefficient (Wildman–Crippen LogP) is 1.73. The zero-order valence-electron chi connectivity index (χ0n) is 13.8. The van der Waals surface area contributed by atoms with E-state index in [1.807, 2.05) is 12.1 Å². The average molecular weight is 343 g/mol. The third-order valence-corrected chi connectivity index (χ3v) is 4.25. The van der Waals surface area contributed by atoms with Gasteiger partial charge in [0.2, 0.25) is 0 Å². The fourth-order valence-corrected chi connectivity index (χ4v) is 2.73. The number of hydrogen-bond donors (Lipinski definition) is 1. The van der Waals surface area contributed by atoms with Gasteiger partial charge in [0.25, 0.3) is 0 Å². The van der Waals surface area contributed by atoms with E-state index in [2.05, 4.69) is 16.7 Å². The molecule has 130 valence electrons. The van der Waals surface area contributed by atoms with E-state index in [1.54, 1.807) is 12.1 Å². The van der Waals surface area contributed by atoms with E-state index in [4.69, 9.17) is 21.1 Å². The van der Waals surface area contributed by atoms with Crippen LogP contribution in [0.1, 0.15) is 6.92 Å². The Hall–Kier alpha value is -0.850. The Morgan fingerprint density at radius 1 is 1.09 bits per heavy atom. The molecule has 1 aromatic rings. The first kappa shape index (κ1) is 18.5. The van der Waals surface area contributed by atoms with Gasteiger partial charge in [-0.05, 0) is 30.8 Å². The molecule has 1 aliphatic heterocycles. The van der Waals surface area contributed by atoms with E-state index in [-0.39, 0.29) is 0 Å². The Balaban J connectivity index is 1.51. The summed E-state index contributed by atoms with van der Waals surface area (Å²) < 4.78 is 11.0. The van der Waals surface area contributed by atoms with Gasteiger partial charge in [0.1, 0.15) is 12.4 Å². The van der Waals surface area contributed by atoms with Crippen LogP contribution < -0.4 is 4.74 Å². The van der Waals surface area contributed by atoms with E-state index in [0.29, 0.717) is 31.4 Å². The van der Waals surface area contributed by atoms with Crippen molar-refractivity contribution in [1.29, 1.82) is 0 Å². The lowest BCUT2D eigenvalue weighted by molar-refractivity contribution is 0.000391. The quantitative estimate of drug-likeness (QED) is 0.692. The highest BCUT2D eigenvalue weighted by Gasteiger charge is 2.18. The van der Waals surface area contributed by atoms with Gasteiger partial charge in [-0.3, -0.25) is 4.90 Å². The minimum Gasteiger partial charge on any atom is -0.491 e. The topological polar surface area (TPSA) is 45.2 Å². The average Bonchev–Trinajstić information content (AvgIpc) is 2.57. The predicted molar refractivity (Wildman–Crippen MR) is 92.3 cm³/mol. The second-order valence-electron chi connectivity index (χ2n) is 5.77. The van der Waals surface area contributed by atoms with Crippen LogP contribution in [0.3, 0.4) is 0 Å². The Morgan fingerprint density at radius 2 is 1.74 bits per heavy atom. The normalized spacial score (nSPS) is 18.0. The molecule has 0 aliphatic carbocycles.